The van der Waals surface area contributed by atoms with Gasteiger partial charge in [-0.15, -0.1) is 0 Å². The zero-order chi connectivity index (χ0) is 27.6. The highest BCUT2D eigenvalue weighted by atomic mass is 35.5. The first kappa shape index (κ1) is 26.8. The van der Waals surface area contributed by atoms with E-state index in [-0.39, 0.29) is 35.3 Å². The molecule has 1 aliphatic carbocycles. The number of hydrogen-bond donors (Lipinski definition) is 0. The van der Waals surface area contributed by atoms with Gasteiger partial charge >= 0.3 is 12.3 Å². The third-order valence-corrected chi connectivity index (χ3v) is 7.53. The van der Waals surface area contributed by atoms with Gasteiger partial charge in [-0.3, -0.25) is 9.78 Å². The first-order chi connectivity index (χ1) is 18.7. The van der Waals surface area contributed by atoms with Crippen molar-refractivity contribution < 1.29 is 27.5 Å². The molecule has 0 radical (unpaired) electrons. The fourth-order valence-corrected chi connectivity index (χ4v) is 5.73. The molecular weight excluding hydrogens is 549 g/mol. The van der Waals surface area contributed by atoms with Crippen LogP contribution in [0, 0.1) is 0 Å². The van der Waals surface area contributed by atoms with Crippen molar-refractivity contribution in [2.75, 3.05) is 6.61 Å². The lowest BCUT2D eigenvalue weighted by molar-refractivity contribution is -0.137. The van der Waals surface area contributed by atoms with E-state index >= 15 is 0 Å². The van der Waals surface area contributed by atoms with Crippen LogP contribution in [0.2, 0.25) is 5.02 Å². The maximum Gasteiger partial charge on any atom is 0.420 e. The van der Waals surface area contributed by atoms with E-state index in [4.69, 9.17) is 16.3 Å². The van der Waals surface area contributed by atoms with Gasteiger partial charge in [-0.1, -0.05) is 60.1 Å². The third kappa shape index (κ3) is 5.79. The average molecular weight is 569 g/mol. The molecule has 0 unspecified atom stereocenters. The Kier molecular flexibility index (Phi) is 7.63. The Morgan fingerprint density at radius 2 is 1.67 bits per heavy atom. The Morgan fingerprint density at radius 1 is 1.00 bits per heavy atom. The van der Waals surface area contributed by atoms with Crippen LogP contribution in [-0.4, -0.2) is 28.3 Å². The van der Waals surface area contributed by atoms with Crippen LogP contribution in [0.25, 0.3) is 11.1 Å². The minimum absolute atomic E-state index is 0.0147. The van der Waals surface area contributed by atoms with Gasteiger partial charge in [0, 0.05) is 17.1 Å². The lowest BCUT2D eigenvalue weighted by Gasteiger charge is -2.23. The Hall–Kier alpha value is -3.82. The molecule has 198 valence electrons. The fraction of sp³-hybridized carbons (Fsp3) is 0.138. The van der Waals surface area contributed by atoms with Crippen molar-refractivity contribution in [1.29, 1.82) is 0 Å². The number of pyridine rings is 1. The van der Waals surface area contributed by atoms with Gasteiger partial charge in [0.1, 0.15) is 12.3 Å². The van der Waals surface area contributed by atoms with Gasteiger partial charge in [0.05, 0.1) is 17.0 Å². The zero-order valence-electron chi connectivity index (χ0n) is 20.2. The van der Waals surface area contributed by atoms with Crippen molar-refractivity contribution in [2.45, 2.75) is 23.5 Å². The summed E-state index contributed by atoms with van der Waals surface area (Å²) in [6.45, 7) is -0.251. The number of benzene rings is 3. The Morgan fingerprint density at radius 3 is 2.31 bits per heavy atom. The van der Waals surface area contributed by atoms with Crippen LogP contribution in [0.1, 0.15) is 38.7 Å². The molecule has 10 heteroatoms. The van der Waals surface area contributed by atoms with E-state index in [1.54, 1.807) is 12.1 Å². The summed E-state index contributed by atoms with van der Waals surface area (Å²) < 4.78 is 47.1. The standard InChI is InChI=1S/C29H20ClF3N2O3S/c30-20-13-18(12-19(14-20)29(31,32)33)15-35(39-27-10-5-11-34-26(27)16-36)28(37)38-17-25-23-8-3-1-6-21(23)22-7-2-4-9-24(22)25/h1-14,16,25H,15,17H2. The number of hydrogen-bond acceptors (Lipinski definition) is 5. The molecule has 5 rings (SSSR count). The molecule has 0 spiro atoms. The van der Waals surface area contributed by atoms with Crippen LogP contribution in [0.3, 0.4) is 0 Å². The summed E-state index contributed by atoms with van der Waals surface area (Å²) in [6, 6.07) is 22.0. The highest BCUT2D eigenvalue weighted by Gasteiger charge is 2.32. The van der Waals surface area contributed by atoms with Crippen LogP contribution in [0.5, 0.6) is 0 Å². The van der Waals surface area contributed by atoms with Gasteiger partial charge in [-0.25, -0.2) is 9.10 Å². The number of aromatic nitrogens is 1. The van der Waals surface area contributed by atoms with Crippen molar-refractivity contribution >= 4 is 35.9 Å². The van der Waals surface area contributed by atoms with E-state index < -0.39 is 17.8 Å². The normalized spacial score (nSPS) is 12.5. The summed E-state index contributed by atoms with van der Waals surface area (Å²) in [5.74, 6) is -0.208. The molecule has 0 aliphatic heterocycles. The summed E-state index contributed by atoms with van der Waals surface area (Å²) >= 11 is 6.83. The van der Waals surface area contributed by atoms with E-state index in [0.717, 1.165) is 50.6 Å². The van der Waals surface area contributed by atoms with E-state index in [9.17, 15) is 22.8 Å². The van der Waals surface area contributed by atoms with Gasteiger partial charge in [0.25, 0.3) is 0 Å². The van der Waals surface area contributed by atoms with Crippen LogP contribution in [-0.2, 0) is 17.5 Å². The average Bonchev–Trinajstić information content (AvgIpc) is 3.24. The maximum atomic E-state index is 13.4. The van der Waals surface area contributed by atoms with E-state index in [1.165, 1.54) is 12.3 Å². The van der Waals surface area contributed by atoms with Crippen LogP contribution < -0.4 is 0 Å². The Bertz CT molecular complexity index is 1500. The Labute approximate surface area is 231 Å². The minimum Gasteiger partial charge on any atom is -0.448 e. The smallest absolute Gasteiger partial charge is 0.420 e. The second kappa shape index (κ2) is 11.1. The topological polar surface area (TPSA) is 59.5 Å². The summed E-state index contributed by atoms with van der Waals surface area (Å²) in [5, 5.41) is -0.118. The first-order valence-corrected chi connectivity index (χ1v) is 13.0. The molecule has 0 fully saturated rings. The van der Waals surface area contributed by atoms with Gasteiger partial charge in [-0.05, 0) is 70.1 Å². The molecule has 0 N–H and O–H groups in total. The van der Waals surface area contributed by atoms with Gasteiger partial charge in [-0.2, -0.15) is 13.2 Å². The highest BCUT2D eigenvalue weighted by molar-refractivity contribution is 7.97. The van der Waals surface area contributed by atoms with Crippen LogP contribution >= 0.6 is 23.5 Å². The lowest BCUT2D eigenvalue weighted by Crippen LogP contribution is -2.27. The lowest BCUT2D eigenvalue weighted by atomic mass is 9.98. The minimum atomic E-state index is -4.62. The maximum absolute atomic E-state index is 13.4. The van der Waals surface area contributed by atoms with Crippen molar-refractivity contribution in [2.24, 2.45) is 0 Å². The molecule has 0 bridgehead atoms. The molecule has 0 atom stereocenters. The van der Waals surface area contributed by atoms with Gasteiger partial charge in [0.15, 0.2) is 6.29 Å². The van der Waals surface area contributed by atoms with Crippen molar-refractivity contribution in [3.8, 4) is 11.1 Å². The summed E-state index contributed by atoms with van der Waals surface area (Å²) in [5.41, 5.74) is 3.46. The Balaban J connectivity index is 1.42. The van der Waals surface area contributed by atoms with E-state index in [1.807, 2.05) is 48.5 Å². The van der Waals surface area contributed by atoms with Gasteiger partial charge in [0.2, 0.25) is 0 Å². The largest absolute Gasteiger partial charge is 0.448 e. The molecular formula is C29H20ClF3N2O3S. The molecule has 39 heavy (non-hydrogen) atoms. The van der Waals surface area contributed by atoms with E-state index in [2.05, 4.69) is 4.98 Å². The van der Waals surface area contributed by atoms with Crippen molar-refractivity contribution in [3.05, 3.63) is 118 Å². The predicted molar refractivity (Wildman–Crippen MR) is 143 cm³/mol. The van der Waals surface area contributed by atoms with Crippen LogP contribution in [0.15, 0.2) is 90.0 Å². The predicted octanol–water partition coefficient (Wildman–Crippen LogP) is 8.02. The van der Waals surface area contributed by atoms with Gasteiger partial charge < -0.3 is 4.74 Å². The van der Waals surface area contributed by atoms with Crippen molar-refractivity contribution in [1.82, 2.24) is 9.29 Å². The second-order valence-corrected chi connectivity index (χ2v) is 10.3. The number of carbonyl (C=O) groups excluding carboxylic acids is 2. The number of amides is 1. The number of nitrogens with zero attached hydrogens (tertiary/aromatic N) is 2. The summed E-state index contributed by atoms with van der Waals surface area (Å²) in [7, 11) is 0. The fourth-order valence-electron chi connectivity index (χ4n) is 4.56. The monoisotopic (exact) mass is 568 g/mol. The number of alkyl halides is 3. The molecule has 1 heterocycles. The zero-order valence-corrected chi connectivity index (χ0v) is 21.8. The molecule has 5 nitrogen and oxygen atoms in total. The number of fused-ring (bicyclic) bond motifs is 3. The number of rotatable bonds is 7. The van der Waals surface area contributed by atoms with E-state index in [0.29, 0.717) is 11.2 Å². The number of aldehydes is 1. The second-order valence-electron chi connectivity index (χ2n) is 8.78. The van der Waals surface area contributed by atoms with Crippen molar-refractivity contribution in [3.63, 3.8) is 0 Å². The SMILES string of the molecule is O=Cc1ncccc1SN(Cc1cc(Cl)cc(C(F)(F)F)c1)C(=O)OCC1c2ccccc2-c2ccccc21. The summed E-state index contributed by atoms with van der Waals surface area (Å²) in [6.07, 6.45) is -3.43. The number of ether oxygens (including phenoxy) is 1. The quantitative estimate of drug-likeness (QED) is 0.167. The molecule has 0 saturated carbocycles. The molecule has 0 saturated heterocycles. The van der Waals surface area contributed by atoms with Crippen LogP contribution in [0.4, 0.5) is 18.0 Å². The first-order valence-electron chi connectivity index (χ1n) is 11.8. The summed E-state index contributed by atoms with van der Waals surface area (Å²) in [4.78, 5) is 29.3. The highest BCUT2D eigenvalue weighted by Crippen LogP contribution is 2.44. The molecule has 1 aromatic heterocycles. The number of carbonyl (C=O) groups is 2. The molecule has 1 aliphatic rings. The third-order valence-electron chi connectivity index (χ3n) is 6.27. The molecule has 4 aromatic rings. The molecule has 1 amide bonds. The molecule has 3 aromatic carbocycles. The number of halogens is 4.